The summed E-state index contributed by atoms with van der Waals surface area (Å²) in [6.45, 7) is 5.19. The molecule has 2 aromatic carbocycles. The molecule has 30 heavy (non-hydrogen) atoms. The van der Waals surface area contributed by atoms with Crippen LogP contribution in [0.5, 0.6) is 0 Å². The second-order valence-corrected chi connectivity index (χ2v) is 9.14. The lowest BCUT2D eigenvalue weighted by Crippen LogP contribution is -2.45. The molecule has 0 N–H and O–H groups in total. The summed E-state index contributed by atoms with van der Waals surface area (Å²) < 4.78 is 32.6. The molecule has 3 aromatic rings. The van der Waals surface area contributed by atoms with Gasteiger partial charge in [-0.1, -0.05) is 30.3 Å². The molecule has 0 fully saturated rings. The molecule has 0 spiro atoms. The van der Waals surface area contributed by atoms with Gasteiger partial charge >= 0.3 is 5.97 Å². The Morgan fingerprint density at radius 3 is 2.40 bits per heavy atom. The fourth-order valence-corrected chi connectivity index (χ4v) is 4.79. The first-order valence-corrected chi connectivity index (χ1v) is 11.2. The Kier molecular flexibility index (Phi) is 5.72. The van der Waals surface area contributed by atoms with Gasteiger partial charge in [-0.2, -0.15) is 0 Å². The molecule has 1 heterocycles. The van der Waals surface area contributed by atoms with Crippen LogP contribution < -0.4 is 4.31 Å². The molecule has 1 aromatic heterocycles. The summed E-state index contributed by atoms with van der Waals surface area (Å²) in [7, 11) is -2.50. The zero-order chi connectivity index (χ0) is 22.2. The molecule has 0 saturated heterocycles. The normalized spacial score (nSPS) is 12.6. The van der Waals surface area contributed by atoms with Crippen molar-refractivity contribution < 1.29 is 22.7 Å². The van der Waals surface area contributed by atoms with Crippen molar-refractivity contribution in [2.45, 2.75) is 26.8 Å². The molecule has 0 aliphatic rings. The smallest absolute Gasteiger partial charge is 0.340 e. The van der Waals surface area contributed by atoms with Gasteiger partial charge in [0.15, 0.2) is 0 Å². The van der Waals surface area contributed by atoms with E-state index in [4.69, 9.17) is 4.74 Å². The van der Waals surface area contributed by atoms with Crippen molar-refractivity contribution in [1.29, 1.82) is 0 Å². The number of esters is 1. The fraction of sp³-hybridized carbons (Fsp3) is 0.273. The van der Waals surface area contributed by atoms with Crippen LogP contribution in [0.3, 0.4) is 0 Å². The molecule has 0 radical (unpaired) electrons. The van der Waals surface area contributed by atoms with Gasteiger partial charge in [-0.3, -0.25) is 13.7 Å². The maximum absolute atomic E-state index is 13.4. The highest BCUT2D eigenvalue weighted by Gasteiger charge is 2.32. The van der Waals surface area contributed by atoms with Crippen molar-refractivity contribution in [3.8, 4) is 0 Å². The third-order valence-corrected chi connectivity index (χ3v) is 6.25. The zero-order valence-electron chi connectivity index (χ0n) is 17.5. The number of fused-ring (bicyclic) bond motifs is 1. The average Bonchev–Trinajstić information content (AvgIpc) is 3.08. The maximum atomic E-state index is 13.4. The molecule has 158 valence electrons. The van der Waals surface area contributed by atoms with Gasteiger partial charge in [0.2, 0.25) is 10.0 Å². The number of anilines is 1. The van der Waals surface area contributed by atoms with E-state index in [1.165, 1.54) is 24.8 Å². The lowest BCUT2D eigenvalue weighted by atomic mass is 10.1. The van der Waals surface area contributed by atoms with Crippen molar-refractivity contribution in [1.82, 2.24) is 4.57 Å². The molecular weight excluding hydrogens is 404 g/mol. The minimum atomic E-state index is -3.77. The summed E-state index contributed by atoms with van der Waals surface area (Å²) in [6, 6.07) is 11.3. The molecule has 0 unspecified atom stereocenters. The SMILES string of the molecule is COC(=O)c1cn(C(=O)[C@@H](C)N(c2cc(C)ccc2C)S(C)(=O)=O)c2ccccc12. The van der Waals surface area contributed by atoms with Gasteiger partial charge in [-0.25, -0.2) is 13.2 Å². The predicted molar refractivity (Wildman–Crippen MR) is 117 cm³/mol. The van der Waals surface area contributed by atoms with Crippen LogP contribution in [0.25, 0.3) is 10.9 Å². The van der Waals surface area contributed by atoms with E-state index in [0.717, 1.165) is 21.7 Å². The van der Waals surface area contributed by atoms with Crippen LogP contribution in [0.15, 0.2) is 48.7 Å². The summed E-state index contributed by atoms with van der Waals surface area (Å²) >= 11 is 0. The largest absolute Gasteiger partial charge is 0.465 e. The van der Waals surface area contributed by atoms with Crippen LogP contribution >= 0.6 is 0 Å². The average molecular weight is 429 g/mol. The number of para-hydroxylation sites is 1. The Morgan fingerprint density at radius 2 is 1.77 bits per heavy atom. The van der Waals surface area contributed by atoms with E-state index < -0.39 is 27.9 Å². The fourth-order valence-electron chi connectivity index (χ4n) is 3.57. The molecule has 0 saturated carbocycles. The van der Waals surface area contributed by atoms with E-state index in [0.29, 0.717) is 16.6 Å². The molecule has 8 heteroatoms. The van der Waals surface area contributed by atoms with E-state index in [1.54, 1.807) is 37.3 Å². The number of sulfonamides is 1. The molecule has 0 amide bonds. The van der Waals surface area contributed by atoms with E-state index in [1.807, 2.05) is 19.1 Å². The highest BCUT2D eigenvalue weighted by Crippen LogP contribution is 2.28. The van der Waals surface area contributed by atoms with Gasteiger partial charge in [0.25, 0.3) is 5.91 Å². The van der Waals surface area contributed by atoms with Gasteiger partial charge < -0.3 is 4.74 Å². The van der Waals surface area contributed by atoms with Crippen LogP contribution in [0.2, 0.25) is 0 Å². The zero-order valence-corrected chi connectivity index (χ0v) is 18.4. The second-order valence-electron chi connectivity index (χ2n) is 7.28. The highest BCUT2D eigenvalue weighted by molar-refractivity contribution is 7.92. The Hall–Kier alpha value is -3.13. The summed E-state index contributed by atoms with van der Waals surface area (Å²) in [6.07, 6.45) is 2.48. The number of rotatable bonds is 5. The van der Waals surface area contributed by atoms with Crippen LogP contribution in [0.1, 0.15) is 33.2 Å². The van der Waals surface area contributed by atoms with Crippen LogP contribution in [-0.4, -0.2) is 44.3 Å². The summed E-state index contributed by atoms with van der Waals surface area (Å²) in [5.41, 5.74) is 2.81. The summed E-state index contributed by atoms with van der Waals surface area (Å²) in [4.78, 5) is 25.6. The maximum Gasteiger partial charge on any atom is 0.340 e. The standard InChI is InChI=1S/C22H24N2O5S/c1-14-10-11-15(2)20(12-14)24(30(5,27)28)16(3)21(25)23-13-18(22(26)29-4)17-8-6-7-9-19(17)23/h6-13,16H,1-5H3/t16-/m1/s1. The van der Waals surface area contributed by atoms with E-state index in [9.17, 15) is 18.0 Å². The van der Waals surface area contributed by atoms with Crippen LogP contribution in [0, 0.1) is 13.8 Å². The minimum absolute atomic E-state index is 0.242. The molecule has 7 nitrogen and oxygen atoms in total. The quantitative estimate of drug-likeness (QED) is 0.580. The Balaban J connectivity index is 2.16. The third-order valence-electron chi connectivity index (χ3n) is 5.02. The van der Waals surface area contributed by atoms with Crippen molar-refractivity contribution in [3.05, 3.63) is 65.4 Å². The van der Waals surface area contributed by atoms with Crippen LogP contribution in [0.4, 0.5) is 5.69 Å². The predicted octanol–water partition coefficient (Wildman–Crippen LogP) is 3.54. The number of methoxy groups -OCH3 is 1. The molecule has 0 bridgehead atoms. The highest BCUT2D eigenvalue weighted by atomic mass is 32.2. The first kappa shape index (κ1) is 21.6. The molecule has 1 atom stereocenters. The number of carbonyl (C=O) groups excluding carboxylic acids is 2. The monoisotopic (exact) mass is 428 g/mol. The molecule has 0 aliphatic heterocycles. The number of hydrogen-bond donors (Lipinski definition) is 0. The molecule has 0 aliphatic carbocycles. The van der Waals surface area contributed by atoms with Crippen molar-refractivity contribution in [3.63, 3.8) is 0 Å². The Bertz CT molecular complexity index is 1240. The number of benzene rings is 2. The number of nitrogens with zero attached hydrogens (tertiary/aromatic N) is 2. The number of hydrogen-bond acceptors (Lipinski definition) is 5. The molecule has 3 rings (SSSR count). The van der Waals surface area contributed by atoms with E-state index >= 15 is 0 Å². The topological polar surface area (TPSA) is 85.7 Å². The lowest BCUT2D eigenvalue weighted by Gasteiger charge is -2.30. The van der Waals surface area contributed by atoms with Gasteiger partial charge in [-0.15, -0.1) is 0 Å². The van der Waals surface area contributed by atoms with Crippen LogP contribution in [-0.2, 0) is 14.8 Å². The lowest BCUT2D eigenvalue weighted by molar-refractivity contribution is 0.0603. The summed E-state index contributed by atoms with van der Waals surface area (Å²) in [5.74, 6) is -1.05. The number of aromatic nitrogens is 1. The first-order chi connectivity index (χ1) is 14.1. The van der Waals surface area contributed by atoms with Gasteiger partial charge in [0, 0.05) is 11.6 Å². The first-order valence-electron chi connectivity index (χ1n) is 9.35. The van der Waals surface area contributed by atoms with Crippen molar-refractivity contribution in [2.75, 3.05) is 17.7 Å². The van der Waals surface area contributed by atoms with Crippen molar-refractivity contribution in [2.24, 2.45) is 0 Å². The third kappa shape index (κ3) is 3.82. The number of carbonyl (C=O) groups is 2. The Labute approximate surface area is 175 Å². The second kappa shape index (κ2) is 7.95. The number of ether oxygens (including phenoxy) is 1. The summed E-state index contributed by atoms with van der Waals surface area (Å²) in [5, 5.41) is 0.558. The van der Waals surface area contributed by atoms with Gasteiger partial charge in [0.05, 0.1) is 30.1 Å². The Morgan fingerprint density at radius 1 is 1.10 bits per heavy atom. The van der Waals surface area contributed by atoms with Crippen molar-refractivity contribution >= 4 is 38.5 Å². The minimum Gasteiger partial charge on any atom is -0.465 e. The van der Waals surface area contributed by atoms with E-state index in [-0.39, 0.29) is 5.56 Å². The van der Waals surface area contributed by atoms with E-state index in [2.05, 4.69) is 0 Å². The van der Waals surface area contributed by atoms with Gasteiger partial charge in [0.1, 0.15) is 6.04 Å². The molecular formula is C22H24N2O5S. The number of aryl methyl sites for hydroxylation is 2. The van der Waals surface area contributed by atoms with Gasteiger partial charge in [-0.05, 0) is 44.0 Å².